The minimum absolute atomic E-state index is 0.0450. The fourth-order valence-electron chi connectivity index (χ4n) is 3.87. The number of hydrogen-bond acceptors (Lipinski definition) is 4. The van der Waals surface area contributed by atoms with Crippen LogP contribution in [0.15, 0.2) is 59.8 Å². The molecule has 0 saturated carbocycles. The molecule has 150 valence electrons. The molecule has 1 heterocycles. The fourth-order valence-corrected chi connectivity index (χ4v) is 4.79. The molecule has 1 amide bonds. The van der Waals surface area contributed by atoms with Gasteiger partial charge in [-0.05, 0) is 44.2 Å². The molecule has 0 spiro atoms. The van der Waals surface area contributed by atoms with Gasteiger partial charge in [-0.25, -0.2) is 0 Å². The Morgan fingerprint density at radius 3 is 2.72 bits per heavy atom. The van der Waals surface area contributed by atoms with Crippen LogP contribution in [0.2, 0.25) is 0 Å². The van der Waals surface area contributed by atoms with Crippen molar-refractivity contribution in [1.29, 1.82) is 0 Å². The lowest BCUT2D eigenvalue weighted by Crippen LogP contribution is -2.36. The van der Waals surface area contributed by atoms with Crippen molar-refractivity contribution in [3.63, 3.8) is 0 Å². The van der Waals surface area contributed by atoms with E-state index in [0.717, 1.165) is 42.4 Å². The van der Waals surface area contributed by atoms with Crippen LogP contribution in [0.4, 0.5) is 0 Å². The number of hydrogen-bond donors (Lipinski definition) is 1. The summed E-state index contributed by atoms with van der Waals surface area (Å²) in [6.45, 7) is 4.76. The minimum Gasteiger partial charge on any atom is -0.348 e. The molecule has 0 unspecified atom stereocenters. The van der Waals surface area contributed by atoms with Crippen molar-refractivity contribution in [3.05, 3.63) is 65.7 Å². The maximum absolute atomic E-state index is 12.9. The Hall–Kier alpha value is -2.60. The van der Waals surface area contributed by atoms with Gasteiger partial charge in [-0.3, -0.25) is 4.79 Å². The van der Waals surface area contributed by atoms with Crippen LogP contribution >= 0.6 is 11.8 Å². The molecule has 0 bridgehead atoms. The molecule has 1 aromatic heterocycles. The second kappa shape index (κ2) is 8.82. The molecule has 4 rings (SSSR count). The van der Waals surface area contributed by atoms with E-state index >= 15 is 0 Å². The smallest absolute Gasteiger partial charge is 0.233 e. The van der Waals surface area contributed by atoms with Gasteiger partial charge in [-0.2, -0.15) is 0 Å². The highest BCUT2D eigenvalue weighted by Crippen LogP contribution is 2.31. The van der Waals surface area contributed by atoms with Crippen LogP contribution in [0.25, 0.3) is 11.4 Å². The Bertz CT molecular complexity index is 986. The standard InChI is InChI=1S/C23H26N4OS/c1-3-27-21(18-11-5-4-6-12-18)25-26-23(27)29-16(2)22(28)24-20-15-9-13-17-10-7-8-14-19(17)20/h4-8,10-12,14,16,20H,3,9,13,15H2,1-2H3,(H,24,28)/t16-,20-/m1/s1. The van der Waals surface area contributed by atoms with Gasteiger partial charge in [0.15, 0.2) is 11.0 Å². The summed E-state index contributed by atoms with van der Waals surface area (Å²) in [5.41, 5.74) is 3.64. The third-order valence-electron chi connectivity index (χ3n) is 5.40. The molecular formula is C23H26N4OS. The van der Waals surface area contributed by atoms with Gasteiger partial charge in [0.1, 0.15) is 0 Å². The zero-order chi connectivity index (χ0) is 20.2. The van der Waals surface area contributed by atoms with Crippen molar-refractivity contribution in [2.24, 2.45) is 0 Å². The van der Waals surface area contributed by atoms with Crippen LogP contribution in [0.3, 0.4) is 0 Å². The lowest BCUT2D eigenvalue weighted by molar-refractivity contribution is -0.121. The number of aryl methyl sites for hydroxylation is 1. The monoisotopic (exact) mass is 406 g/mol. The van der Waals surface area contributed by atoms with E-state index in [1.54, 1.807) is 0 Å². The van der Waals surface area contributed by atoms with Crippen LogP contribution in [0, 0.1) is 0 Å². The summed E-state index contributed by atoms with van der Waals surface area (Å²) >= 11 is 1.47. The van der Waals surface area contributed by atoms with Gasteiger partial charge in [0.05, 0.1) is 11.3 Å². The van der Waals surface area contributed by atoms with Crippen LogP contribution < -0.4 is 5.32 Å². The molecule has 0 radical (unpaired) electrons. The lowest BCUT2D eigenvalue weighted by Gasteiger charge is -2.27. The van der Waals surface area contributed by atoms with E-state index in [1.807, 2.05) is 37.3 Å². The molecular weight excluding hydrogens is 380 g/mol. The molecule has 5 nitrogen and oxygen atoms in total. The van der Waals surface area contributed by atoms with Gasteiger partial charge in [0.25, 0.3) is 0 Å². The summed E-state index contributed by atoms with van der Waals surface area (Å²) in [5, 5.41) is 12.5. The number of fused-ring (bicyclic) bond motifs is 1. The number of rotatable bonds is 6. The first-order chi connectivity index (χ1) is 14.2. The number of thioether (sulfide) groups is 1. The van der Waals surface area contributed by atoms with Crippen molar-refractivity contribution < 1.29 is 4.79 Å². The number of carbonyl (C=O) groups excluding carboxylic acids is 1. The quantitative estimate of drug-likeness (QED) is 0.606. The summed E-state index contributed by atoms with van der Waals surface area (Å²) in [5.74, 6) is 0.882. The SMILES string of the molecule is CCn1c(S[C@H](C)C(=O)N[C@@H]2CCCc3ccccc32)nnc1-c1ccccc1. The molecule has 3 aromatic rings. The van der Waals surface area contributed by atoms with Crippen molar-refractivity contribution in [1.82, 2.24) is 20.1 Å². The Balaban J connectivity index is 1.47. The molecule has 1 aliphatic carbocycles. The highest BCUT2D eigenvalue weighted by molar-refractivity contribution is 8.00. The minimum atomic E-state index is -0.248. The summed E-state index contributed by atoms with van der Waals surface area (Å²) in [4.78, 5) is 12.9. The Kier molecular flexibility index (Phi) is 6.00. The normalized spacial score (nSPS) is 16.8. The third-order valence-corrected chi connectivity index (χ3v) is 6.48. The Morgan fingerprint density at radius 1 is 1.17 bits per heavy atom. The number of carbonyl (C=O) groups is 1. The van der Waals surface area contributed by atoms with E-state index in [0.29, 0.717) is 0 Å². The highest BCUT2D eigenvalue weighted by atomic mass is 32.2. The van der Waals surface area contributed by atoms with E-state index in [-0.39, 0.29) is 17.2 Å². The molecule has 1 aliphatic rings. The van der Waals surface area contributed by atoms with Crippen LogP contribution in [-0.2, 0) is 17.8 Å². The molecule has 2 aromatic carbocycles. The average Bonchev–Trinajstić information content (AvgIpc) is 3.17. The van der Waals surface area contributed by atoms with E-state index in [1.165, 1.54) is 22.9 Å². The van der Waals surface area contributed by atoms with Crippen LogP contribution in [0.1, 0.15) is 43.9 Å². The van der Waals surface area contributed by atoms with E-state index in [2.05, 4.69) is 51.3 Å². The van der Waals surface area contributed by atoms with Gasteiger partial charge < -0.3 is 9.88 Å². The van der Waals surface area contributed by atoms with Crippen LogP contribution in [0.5, 0.6) is 0 Å². The second-order valence-corrected chi connectivity index (χ2v) is 8.64. The number of amides is 1. The van der Waals surface area contributed by atoms with E-state index in [4.69, 9.17) is 0 Å². The summed E-state index contributed by atoms with van der Waals surface area (Å²) in [6.07, 6.45) is 3.19. The molecule has 6 heteroatoms. The topological polar surface area (TPSA) is 59.8 Å². The van der Waals surface area contributed by atoms with Crippen molar-refractivity contribution >= 4 is 17.7 Å². The summed E-state index contributed by atoms with van der Waals surface area (Å²) in [6, 6.07) is 18.6. The first kappa shape index (κ1) is 19.7. The Morgan fingerprint density at radius 2 is 1.93 bits per heavy atom. The predicted molar refractivity (Wildman–Crippen MR) is 117 cm³/mol. The van der Waals surface area contributed by atoms with Gasteiger partial charge >= 0.3 is 0 Å². The second-order valence-electron chi connectivity index (χ2n) is 7.33. The summed E-state index contributed by atoms with van der Waals surface area (Å²) < 4.78 is 2.07. The molecule has 2 atom stereocenters. The first-order valence-electron chi connectivity index (χ1n) is 10.2. The molecule has 0 fully saturated rings. The number of benzene rings is 2. The summed E-state index contributed by atoms with van der Waals surface area (Å²) in [7, 11) is 0. The first-order valence-corrected chi connectivity index (χ1v) is 11.1. The fraction of sp³-hybridized carbons (Fsp3) is 0.348. The zero-order valence-corrected chi connectivity index (χ0v) is 17.7. The van der Waals surface area contributed by atoms with E-state index < -0.39 is 0 Å². The lowest BCUT2D eigenvalue weighted by atomic mass is 9.88. The van der Waals surface area contributed by atoms with Gasteiger partial charge in [-0.1, -0.05) is 66.4 Å². The predicted octanol–water partition coefficient (Wildman–Crippen LogP) is 4.64. The number of nitrogens with zero attached hydrogens (tertiary/aromatic N) is 3. The maximum Gasteiger partial charge on any atom is 0.233 e. The zero-order valence-electron chi connectivity index (χ0n) is 16.8. The van der Waals surface area contributed by atoms with Crippen molar-refractivity contribution in [2.45, 2.75) is 56.1 Å². The van der Waals surface area contributed by atoms with Crippen LogP contribution in [-0.4, -0.2) is 25.9 Å². The molecule has 29 heavy (non-hydrogen) atoms. The van der Waals surface area contributed by atoms with E-state index in [9.17, 15) is 4.79 Å². The largest absolute Gasteiger partial charge is 0.348 e. The molecule has 0 saturated heterocycles. The number of nitrogens with one attached hydrogen (secondary N) is 1. The average molecular weight is 407 g/mol. The van der Waals surface area contributed by atoms with Gasteiger partial charge in [-0.15, -0.1) is 10.2 Å². The highest BCUT2D eigenvalue weighted by Gasteiger charge is 2.25. The third kappa shape index (κ3) is 4.22. The molecule has 1 N–H and O–H groups in total. The molecule has 0 aliphatic heterocycles. The maximum atomic E-state index is 12.9. The van der Waals surface area contributed by atoms with Crippen molar-refractivity contribution in [2.75, 3.05) is 0 Å². The van der Waals surface area contributed by atoms with Gasteiger partial charge in [0, 0.05) is 12.1 Å². The van der Waals surface area contributed by atoms with Crippen molar-refractivity contribution in [3.8, 4) is 11.4 Å². The Labute approximate surface area is 175 Å². The number of aromatic nitrogens is 3. The van der Waals surface area contributed by atoms with Gasteiger partial charge in [0.2, 0.25) is 5.91 Å².